The second kappa shape index (κ2) is 7.74. The van der Waals surface area contributed by atoms with Crippen LogP contribution in [0.25, 0.3) is 0 Å². The average molecular weight is 369 g/mol. The summed E-state index contributed by atoms with van der Waals surface area (Å²) < 4.78 is 26.8. The third-order valence-electron chi connectivity index (χ3n) is 5.09. The first-order valence-electron chi connectivity index (χ1n) is 8.90. The van der Waals surface area contributed by atoms with Gasteiger partial charge in [0.2, 0.25) is 10.0 Å². The molecule has 140 valence electrons. The number of sulfonamides is 1. The Kier molecular flexibility index (Phi) is 5.63. The normalized spacial score (nSPS) is 23.6. The number of piperidine rings is 2. The molecule has 8 nitrogen and oxygen atoms in total. The fourth-order valence-corrected chi connectivity index (χ4v) is 4.53. The van der Waals surface area contributed by atoms with Crippen molar-refractivity contribution in [2.45, 2.75) is 38.3 Å². The van der Waals surface area contributed by atoms with Gasteiger partial charge in [-0.25, -0.2) is 17.5 Å². The summed E-state index contributed by atoms with van der Waals surface area (Å²) in [4.78, 5) is 14.3. The minimum absolute atomic E-state index is 0.0714. The van der Waals surface area contributed by atoms with Gasteiger partial charge in [-0.1, -0.05) is 0 Å². The second-order valence-corrected chi connectivity index (χ2v) is 9.05. The van der Waals surface area contributed by atoms with E-state index in [2.05, 4.69) is 10.4 Å². The highest BCUT2D eigenvalue weighted by Crippen LogP contribution is 2.19. The molecular weight excluding hydrogens is 342 g/mol. The van der Waals surface area contributed by atoms with Crippen molar-refractivity contribution < 1.29 is 13.2 Å². The van der Waals surface area contributed by atoms with Gasteiger partial charge < -0.3 is 10.2 Å². The van der Waals surface area contributed by atoms with E-state index in [9.17, 15) is 13.2 Å². The highest BCUT2D eigenvalue weighted by atomic mass is 32.2. The van der Waals surface area contributed by atoms with Crippen molar-refractivity contribution >= 4 is 16.1 Å². The van der Waals surface area contributed by atoms with Gasteiger partial charge >= 0.3 is 6.03 Å². The van der Waals surface area contributed by atoms with Crippen molar-refractivity contribution in [1.29, 1.82) is 0 Å². The van der Waals surface area contributed by atoms with Crippen LogP contribution in [0, 0.1) is 5.92 Å². The highest BCUT2D eigenvalue weighted by Gasteiger charge is 2.29. The largest absolute Gasteiger partial charge is 0.334 e. The first-order chi connectivity index (χ1) is 11.9. The van der Waals surface area contributed by atoms with Crippen LogP contribution < -0.4 is 5.32 Å². The molecule has 25 heavy (non-hydrogen) atoms. The zero-order chi connectivity index (χ0) is 17.9. The molecule has 2 fully saturated rings. The molecule has 1 aromatic heterocycles. The zero-order valence-electron chi connectivity index (χ0n) is 14.7. The van der Waals surface area contributed by atoms with Gasteiger partial charge in [-0.05, 0) is 37.7 Å². The molecule has 1 aromatic rings. The number of amides is 2. The first kappa shape index (κ1) is 18.2. The predicted molar refractivity (Wildman–Crippen MR) is 94.5 cm³/mol. The Hall–Kier alpha value is -1.61. The minimum Gasteiger partial charge on any atom is -0.334 e. The molecule has 0 radical (unpaired) electrons. The van der Waals surface area contributed by atoms with Gasteiger partial charge in [0.05, 0.1) is 6.26 Å². The molecule has 2 aliphatic heterocycles. The van der Waals surface area contributed by atoms with Gasteiger partial charge in [0.15, 0.2) is 0 Å². The van der Waals surface area contributed by atoms with E-state index in [1.165, 1.54) is 10.6 Å². The number of hydrogen-bond acceptors (Lipinski definition) is 4. The maximum Gasteiger partial charge on any atom is 0.317 e. The number of urea groups is 1. The molecule has 2 aliphatic rings. The van der Waals surface area contributed by atoms with Crippen molar-refractivity contribution in [3.8, 4) is 0 Å². The van der Waals surface area contributed by atoms with Gasteiger partial charge in [-0.3, -0.25) is 4.68 Å². The third-order valence-corrected chi connectivity index (χ3v) is 6.36. The molecule has 0 spiro atoms. The van der Waals surface area contributed by atoms with Crippen LogP contribution in [0.1, 0.15) is 25.7 Å². The van der Waals surface area contributed by atoms with Crippen LogP contribution in [0.4, 0.5) is 4.79 Å². The van der Waals surface area contributed by atoms with E-state index >= 15 is 0 Å². The Bertz CT molecular complexity index is 668. The summed E-state index contributed by atoms with van der Waals surface area (Å²) >= 11 is 0. The summed E-state index contributed by atoms with van der Waals surface area (Å²) in [5, 5.41) is 7.25. The Morgan fingerprint density at radius 3 is 2.64 bits per heavy atom. The predicted octanol–water partition coefficient (Wildman–Crippen LogP) is 0.729. The standard InChI is InChI=1S/C16H27N5O3S/c1-25(23,24)21-9-2-4-15(13-21)18-16(22)19-10-5-14(6-11-19)12-20-8-3-7-17-20/h3,7-8,14-15H,2,4-6,9-13H2,1H3,(H,18,22). The van der Waals surface area contributed by atoms with Gasteiger partial charge in [-0.15, -0.1) is 0 Å². The summed E-state index contributed by atoms with van der Waals surface area (Å²) in [5.74, 6) is 0.541. The number of likely N-dealkylation sites (tertiary alicyclic amines) is 1. The van der Waals surface area contributed by atoms with E-state index < -0.39 is 10.0 Å². The molecule has 1 atom stereocenters. The molecule has 0 bridgehead atoms. The van der Waals surface area contributed by atoms with Gasteiger partial charge in [0.25, 0.3) is 0 Å². The molecule has 2 amide bonds. The van der Waals surface area contributed by atoms with Crippen LogP contribution in [-0.2, 0) is 16.6 Å². The first-order valence-corrected chi connectivity index (χ1v) is 10.7. The zero-order valence-corrected chi connectivity index (χ0v) is 15.5. The lowest BCUT2D eigenvalue weighted by Crippen LogP contribution is -2.53. The third kappa shape index (κ3) is 4.94. The molecule has 3 rings (SSSR count). The number of nitrogens with zero attached hydrogens (tertiary/aromatic N) is 4. The maximum absolute atomic E-state index is 12.5. The van der Waals surface area contributed by atoms with E-state index in [1.807, 2.05) is 21.8 Å². The highest BCUT2D eigenvalue weighted by molar-refractivity contribution is 7.88. The number of carbonyl (C=O) groups is 1. The van der Waals surface area contributed by atoms with Crippen molar-refractivity contribution in [1.82, 2.24) is 24.3 Å². The Morgan fingerprint density at radius 2 is 2.00 bits per heavy atom. The molecule has 0 aromatic carbocycles. The lowest BCUT2D eigenvalue weighted by molar-refractivity contribution is 0.156. The van der Waals surface area contributed by atoms with Crippen LogP contribution in [0.2, 0.25) is 0 Å². The van der Waals surface area contributed by atoms with Crippen LogP contribution in [0.15, 0.2) is 18.5 Å². The Morgan fingerprint density at radius 1 is 1.24 bits per heavy atom. The number of nitrogens with one attached hydrogen (secondary N) is 1. The molecule has 3 heterocycles. The molecule has 2 saturated heterocycles. The van der Waals surface area contributed by atoms with E-state index in [1.54, 1.807) is 6.20 Å². The van der Waals surface area contributed by atoms with E-state index in [-0.39, 0.29) is 12.1 Å². The lowest BCUT2D eigenvalue weighted by Gasteiger charge is -2.35. The molecule has 9 heteroatoms. The van der Waals surface area contributed by atoms with Crippen LogP contribution in [0.5, 0.6) is 0 Å². The van der Waals surface area contributed by atoms with E-state index in [0.29, 0.717) is 19.0 Å². The quantitative estimate of drug-likeness (QED) is 0.847. The van der Waals surface area contributed by atoms with Crippen LogP contribution in [-0.4, -0.2) is 71.9 Å². The smallest absolute Gasteiger partial charge is 0.317 e. The van der Waals surface area contributed by atoms with E-state index in [4.69, 9.17) is 0 Å². The summed E-state index contributed by atoms with van der Waals surface area (Å²) in [6, 6.07) is 1.75. The number of carbonyl (C=O) groups excluding carboxylic acids is 1. The fourth-order valence-electron chi connectivity index (χ4n) is 3.62. The minimum atomic E-state index is -3.19. The summed E-state index contributed by atoms with van der Waals surface area (Å²) in [5.41, 5.74) is 0. The van der Waals surface area contributed by atoms with Crippen LogP contribution >= 0.6 is 0 Å². The van der Waals surface area contributed by atoms with Crippen molar-refractivity contribution in [2.24, 2.45) is 5.92 Å². The van der Waals surface area contributed by atoms with Crippen molar-refractivity contribution in [2.75, 3.05) is 32.4 Å². The second-order valence-electron chi connectivity index (χ2n) is 7.07. The Balaban J connectivity index is 1.45. The van der Waals surface area contributed by atoms with E-state index in [0.717, 1.165) is 45.3 Å². The summed E-state index contributed by atoms with van der Waals surface area (Å²) in [6.07, 6.45) is 8.52. The molecular formula is C16H27N5O3S. The topological polar surface area (TPSA) is 87.5 Å². The fraction of sp³-hybridized carbons (Fsp3) is 0.750. The molecule has 0 saturated carbocycles. The molecule has 0 aliphatic carbocycles. The average Bonchev–Trinajstić information content (AvgIpc) is 3.08. The van der Waals surface area contributed by atoms with Crippen molar-refractivity contribution in [3.05, 3.63) is 18.5 Å². The summed E-state index contributed by atoms with van der Waals surface area (Å²) in [6.45, 7) is 3.29. The van der Waals surface area contributed by atoms with Gasteiger partial charge in [0.1, 0.15) is 0 Å². The molecule has 1 N–H and O–H groups in total. The van der Waals surface area contributed by atoms with Gasteiger partial charge in [0, 0.05) is 51.2 Å². The number of aromatic nitrogens is 2. The Labute approximate surface area is 149 Å². The molecule has 1 unspecified atom stereocenters. The van der Waals surface area contributed by atoms with Crippen molar-refractivity contribution in [3.63, 3.8) is 0 Å². The lowest BCUT2D eigenvalue weighted by atomic mass is 9.97. The van der Waals surface area contributed by atoms with Gasteiger partial charge in [-0.2, -0.15) is 5.10 Å². The maximum atomic E-state index is 12.5. The SMILES string of the molecule is CS(=O)(=O)N1CCCC(NC(=O)N2CCC(Cn3cccn3)CC2)C1. The monoisotopic (exact) mass is 369 g/mol. The number of hydrogen-bond donors (Lipinski definition) is 1. The number of rotatable bonds is 4. The van der Waals surface area contributed by atoms with Crippen LogP contribution in [0.3, 0.4) is 0 Å². The summed E-state index contributed by atoms with van der Waals surface area (Å²) in [7, 11) is -3.19.